The van der Waals surface area contributed by atoms with Crippen LogP contribution < -0.4 is 15.0 Å². The highest BCUT2D eigenvalue weighted by molar-refractivity contribution is 6.32. The summed E-state index contributed by atoms with van der Waals surface area (Å²) in [4.78, 5) is 27.7. The molecule has 0 unspecified atom stereocenters. The molecule has 0 atom stereocenters. The number of ether oxygens (including phenoxy) is 2. The van der Waals surface area contributed by atoms with Gasteiger partial charge in [-0.1, -0.05) is 11.6 Å². The fourth-order valence-corrected chi connectivity index (χ4v) is 2.84. The van der Waals surface area contributed by atoms with Gasteiger partial charge in [-0.25, -0.2) is 0 Å². The summed E-state index contributed by atoms with van der Waals surface area (Å²) in [6.45, 7) is 5.87. The van der Waals surface area contributed by atoms with Gasteiger partial charge in [0.1, 0.15) is 12.3 Å². The fourth-order valence-electron chi connectivity index (χ4n) is 2.59. The van der Waals surface area contributed by atoms with Crippen molar-refractivity contribution in [3.05, 3.63) is 23.2 Å². The third-order valence-corrected chi connectivity index (χ3v) is 4.28. The summed E-state index contributed by atoms with van der Waals surface area (Å²) in [5.74, 6) is 0.0730. The number of hydrogen-bond donors (Lipinski definition) is 1. The van der Waals surface area contributed by atoms with Crippen molar-refractivity contribution in [2.45, 2.75) is 6.92 Å². The van der Waals surface area contributed by atoms with Gasteiger partial charge < -0.3 is 19.7 Å². The smallest absolute Gasteiger partial charge is 0.240 e. The van der Waals surface area contributed by atoms with Gasteiger partial charge in [-0.05, 0) is 18.2 Å². The second-order valence-electron chi connectivity index (χ2n) is 5.73. The summed E-state index contributed by atoms with van der Waals surface area (Å²) in [5, 5.41) is 3.24. The number of nitrogens with one attached hydrogen (secondary N) is 1. The van der Waals surface area contributed by atoms with E-state index in [-0.39, 0.29) is 18.4 Å². The molecule has 1 aromatic carbocycles. The monoisotopic (exact) mass is 369 g/mol. The molecule has 8 heteroatoms. The standard InChI is InChI=1S/C17H24ClN3O4/c1-13(22)21(14-3-4-16(24-2)15(18)11-14)12-17(23)19-5-6-20-7-9-25-10-8-20/h3-4,11H,5-10,12H2,1-2H3,(H,19,23). The highest BCUT2D eigenvalue weighted by Crippen LogP contribution is 2.29. The zero-order valence-corrected chi connectivity index (χ0v) is 15.3. The summed E-state index contributed by atoms with van der Waals surface area (Å²) in [7, 11) is 1.52. The Morgan fingerprint density at radius 1 is 1.36 bits per heavy atom. The number of halogens is 1. The molecule has 0 spiro atoms. The molecule has 2 amide bonds. The number of anilines is 1. The van der Waals surface area contributed by atoms with Crippen LogP contribution in [-0.4, -0.2) is 69.8 Å². The molecule has 138 valence electrons. The Balaban J connectivity index is 1.88. The maximum Gasteiger partial charge on any atom is 0.240 e. The second kappa shape index (κ2) is 9.60. The summed E-state index contributed by atoms with van der Waals surface area (Å²) in [6.07, 6.45) is 0. The van der Waals surface area contributed by atoms with Crippen LogP contribution in [0.25, 0.3) is 0 Å². The highest BCUT2D eigenvalue weighted by atomic mass is 35.5. The number of benzene rings is 1. The number of nitrogens with zero attached hydrogens (tertiary/aromatic N) is 2. The molecule has 1 N–H and O–H groups in total. The Morgan fingerprint density at radius 3 is 2.68 bits per heavy atom. The lowest BCUT2D eigenvalue weighted by Gasteiger charge is -2.26. The topological polar surface area (TPSA) is 71.1 Å². The predicted molar refractivity (Wildman–Crippen MR) is 96.3 cm³/mol. The number of morpholine rings is 1. The number of carbonyl (C=O) groups excluding carboxylic acids is 2. The molecule has 1 aromatic rings. The van der Waals surface area contributed by atoms with Crippen LogP contribution in [0.4, 0.5) is 5.69 Å². The minimum Gasteiger partial charge on any atom is -0.495 e. The molecular weight excluding hydrogens is 346 g/mol. The summed E-state index contributed by atoms with van der Waals surface area (Å²) in [5.41, 5.74) is 0.557. The summed E-state index contributed by atoms with van der Waals surface area (Å²) >= 11 is 6.11. The lowest BCUT2D eigenvalue weighted by molar-refractivity contribution is -0.123. The van der Waals surface area contributed by atoms with Crippen molar-refractivity contribution in [3.63, 3.8) is 0 Å². The highest BCUT2D eigenvalue weighted by Gasteiger charge is 2.17. The van der Waals surface area contributed by atoms with Crippen LogP contribution in [0.2, 0.25) is 5.02 Å². The Bertz CT molecular complexity index is 606. The molecule has 1 fully saturated rings. The van der Waals surface area contributed by atoms with Crippen molar-refractivity contribution in [1.82, 2.24) is 10.2 Å². The first-order valence-electron chi connectivity index (χ1n) is 8.19. The molecule has 0 radical (unpaired) electrons. The van der Waals surface area contributed by atoms with Crippen LogP contribution in [-0.2, 0) is 14.3 Å². The maximum absolute atomic E-state index is 12.2. The third-order valence-electron chi connectivity index (χ3n) is 3.98. The van der Waals surface area contributed by atoms with Crippen LogP contribution in [0.3, 0.4) is 0 Å². The van der Waals surface area contributed by atoms with E-state index in [4.69, 9.17) is 21.1 Å². The largest absolute Gasteiger partial charge is 0.495 e. The van der Waals surface area contributed by atoms with Gasteiger partial charge in [-0.2, -0.15) is 0 Å². The normalized spacial score (nSPS) is 14.8. The van der Waals surface area contributed by atoms with Crippen LogP contribution in [0.1, 0.15) is 6.92 Å². The molecule has 25 heavy (non-hydrogen) atoms. The van der Waals surface area contributed by atoms with E-state index in [0.29, 0.717) is 23.0 Å². The van der Waals surface area contributed by atoms with Crippen molar-refractivity contribution in [2.24, 2.45) is 0 Å². The van der Waals surface area contributed by atoms with Gasteiger partial charge in [-0.15, -0.1) is 0 Å². The van der Waals surface area contributed by atoms with E-state index in [9.17, 15) is 9.59 Å². The molecule has 1 aliphatic rings. The van der Waals surface area contributed by atoms with Gasteiger partial charge in [0, 0.05) is 38.8 Å². The van der Waals surface area contributed by atoms with Crippen molar-refractivity contribution < 1.29 is 19.1 Å². The van der Waals surface area contributed by atoms with Gasteiger partial charge in [-0.3, -0.25) is 14.5 Å². The van der Waals surface area contributed by atoms with E-state index in [1.807, 2.05) is 0 Å². The molecule has 0 saturated carbocycles. The van der Waals surface area contributed by atoms with Crippen molar-refractivity contribution in [1.29, 1.82) is 0 Å². The summed E-state index contributed by atoms with van der Waals surface area (Å²) < 4.78 is 10.4. The van der Waals surface area contributed by atoms with Crippen LogP contribution >= 0.6 is 11.6 Å². The Labute approximate surface area is 152 Å². The number of carbonyl (C=O) groups is 2. The minimum atomic E-state index is -0.232. The van der Waals surface area contributed by atoms with Crippen molar-refractivity contribution in [3.8, 4) is 5.75 Å². The Morgan fingerprint density at radius 2 is 2.08 bits per heavy atom. The Kier molecular flexibility index (Phi) is 7.49. The van der Waals surface area contributed by atoms with E-state index in [0.717, 1.165) is 32.8 Å². The Hall–Kier alpha value is -1.83. The molecule has 0 bridgehead atoms. The first kappa shape index (κ1) is 19.5. The van der Waals surface area contributed by atoms with E-state index < -0.39 is 0 Å². The zero-order valence-electron chi connectivity index (χ0n) is 14.6. The van der Waals surface area contributed by atoms with E-state index >= 15 is 0 Å². The van der Waals surface area contributed by atoms with Crippen LogP contribution in [0, 0.1) is 0 Å². The van der Waals surface area contributed by atoms with E-state index in [1.165, 1.54) is 18.9 Å². The van der Waals surface area contributed by atoms with Gasteiger partial charge in [0.15, 0.2) is 0 Å². The molecular formula is C17H24ClN3O4. The predicted octanol–water partition coefficient (Wildman–Crippen LogP) is 1.15. The van der Waals surface area contributed by atoms with Crippen LogP contribution in [0.15, 0.2) is 18.2 Å². The second-order valence-corrected chi connectivity index (χ2v) is 6.14. The lowest BCUT2D eigenvalue weighted by atomic mass is 10.2. The number of rotatable bonds is 7. The van der Waals surface area contributed by atoms with Gasteiger partial charge >= 0.3 is 0 Å². The lowest BCUT2D eigenvalue weighted by Crippen LogP contribution is -2.44. The first-order chi connectivity index (χ1) is 12.0. The maximum atomic E-state index is 12.2. The average Bonchev–Trinajstić information content (AvgIpc) is 2.60. The molecule has 1 aliphatic heterocycles. The van der Waals surface area contributed by atoms with Crippen molar-refractivity contribution >= 4 is 29.1 Å². The summed E-state index contributed by atoms with van der Waals surface area (Å²) in [6, 6.07) is 4.99. The number of amides is 2. The minimum absolute atomic E-state index is 0.0545. The molecule has 0 aromatic heterocycles. The fraction of sp³-hybridized carbons (Fsp3) is 0.529. The zero-order chi connectivity index (χ0) is 18.2. The number of methoxy groups -OCH3 is 1. The van der Waals surface area contributed by atoms with E-state index in [2.05, 4.69) is 10.2 Å². The van der Waals surface area contributed by atoms with Gasteiger partial charge in [0.05, 0.1) is 25.3 Å². The molecule has 2 rings (SSSR count). The SMILES string of the molecule is COc1ccc(N(CC(=O)NCCN2CCOCC2)C(C)=O)cc1Cl. The molecule has 0 aliphatic carbocycles. The molecule has 1 heterocycles. The molecule has 7 nitrogen and oxygen atoms in total. The third kappa shape index (κ3) is 5.88. The quantitative estimate of drug-likeness (QED) is 0.780. The van der Waals surface area contributed by atoms with E-state index in [1.54, 1.807) is 18.2 Å². The number of hydrogen-bond acceptors (Lipinski definition) is 5. The van der Waals surface area contributed by atoms with Gasteiger partial charge in [0.25, 0.3) is 0 Å². The molecule has 1 saturated heterocycles. The van der Waals surface area contributed by atoms with Gasteiger partial charge in [0.2, 0.25) is 11.8 Å². The van der Waals surface area contributed by atoms with Crippen LogP contribution in [0.5, 0.6) is 5.75 Å². The average molecular weight is 370 g/mol. The first-order valence-corrected chi connectivity index (χ1v) is 8.57. The van der Waals surface area contributed by atoms with Crippen molar-refractivity contribution in [2.75, 3.05) is 57.9 Å².